The quantitative estimate of drug-likeness (QED) is 0.885. The lowest BCUT2D eigenvalue weighted by atomic mass is 10.0. The Morgan fingerprint density at radius 2 is 2.19 bits per heavy atom. The molecule has 1 unspecified atom stereocenters. The van der Waals surface area contributed by atoms with E-state index in [0.29, 0.717) is 24.5 Å². The van der Waals surface area contributed by atoms with Gasteiger partial charge in [-0.05, 0) is 39.1 Å². The van der Waals surface area contributed by atoms with Gasteiger partial charge >= 0.3 is 0 Å². The Balaban J connectivity index is 2.05. The first-order chi connectivity index (χ1) is 10.1. The van der Waals surface area contributed by atoms with Crippen LogP contribution in [0.25, 0.3) is 0 Å². The molecule has 21 heavy (non-hydrogen) atoms. The summed E-state index contributed by atoms with van der Waals surface area (Å²) in [5, 5.41) is 0. The number of carbonyl (C=O) groups excluding carboxylic acids is 1. The zero-order valence-electron chi connectivity index (χ0n) is 12.9. The van der Waals surface area contributed by atoms with Crippen LogP contribution in [0.15, 0.2) is 24.3 Å². The molecule has 5 nitrogen and oxygen atoms in total. The molecule has 1 amide bonds. The lowest BCUT2D eigenvalue weighted by Crippen LogP contribution is -2.45. The summed E-state index contributed by atoms with van der Waals surface area (Å²) < 4.78 is 5.77. The average molecular weight is 291 g/mol. The fraction of sp³-hybridized carbons (Fsp3) is 0.562. The Morgan fingerprint density at radius 1 is 1.43 bits per heavy atom. The summed E-state index contributed by atoms with van der Waals surface area (Å²) in [7, 11) is 3.99. The number of rotatable bonds is 5. The second-order valence-corrected chi connectivity index (χ2v) is 5.80. The molecule has 2 N–H and O–H groups in total. The monoisotopic (exact) mass is 291 g/mol. The topological polar surface area (TPSA) is 58.8 Å². The Labute approximate surface area is 126 Å². The maximum Gasteiger partial charge on any atom is 0.257 e. The summed E-state index contributed by atoms with van der Waals surface area (Å²) in [5.74, 6) is 0.675. The van der Waals surface area contributed by atoms with E-state index in [2.05, 4.69) is 0 Å². The van der Waals surface area contributed by atoms with Crippen molar-refractivity contribution in [1.82, 2.24) is 9.80 Å². The molecule has 116 valence electrons. The van der Waals surface area contributed by atoms with Crippen LogP contribution in [0.4, 0.5) is 0 Å². The predicted octanol–water partition coefficient (Wildman–Crippen LogP) is 1.19. The van der Waals surface area contributed by atoms with E-state index in [-0.39, 0.29) is 11.9 Å². The summed E-state index contributed by atoms with van der Waals surface area (Å²) in [4.78, 5) is 16.5. The number of para-hydroxylation sites is 1. The minimum Gasteiger partial charge on any atom is -0.491 e. The SMILES string of the molecule is CN(C)CCOc1ccccc1C(=O)N1CCCC(N)C1. The van der Waals surface area contributed by atoms with Gasteiger partial charge in [0.05, 0.1) is 5.56 Å². The number of likely N-dealkylation sites (N-methyl/N-ethyl adjacent to an activating group) is 1. The minimum absolute atomic E-state index is 0.0191. The van der Waals surface area contributed by atoms with Crippen LogP contribution in [0.3, 0.4) is 0 Å². The van der Waals surface area contributed by atoms with Crippen LogP contribution in [-0.2, 0) is 0 Å². The zero-order chi connectivity index (χ0) is 15.2. The molecule has 0 aliphatic carbocycles. The summed E-state index contributed by atoms with van der Waals surface area (Å²) in [6, 6.07) is 7.53. The van der Waals surface area contributed by atoms with Crippen molar-refractivity contribution in [2.24, 2.45) is 5.73 Å². The van der Waals surface area contributed by atoms with E-state index < -0.39 is 0 Å². The molecule has 1 atom stereocenters. The number of likely N-dealkylation sites (tertiary alicyclic amines) is 1. The molecule has 1 fully saturated rings. The molecule has 1 heterocycles. The summed E-state index contributed by atoms with van der Waals surface area (Å²) in [6.07, 6.45) is 1.96. The molecule has 1 aliphatic rings. The number of piperidine rings is 1. The molecule has 1 aromatic rings. The minimum atomic E-state index is 0.0191. The van der Waals surface area contributed by atoms with Crippen molar-refractivity contribution in [3.05, 3.63) is 29.8 Å². The molecule has 1 aromatic carbocycles. The fourth-order valence-electron chi connectivity index (χ4n) is 2.47. The van der Waals surface area contributed by atoms with Gasteiger partial charge in [-0.3, -0.25) is 4.79 Å². The highest BCUT2D eigenvalue weighted by atomic mass is 16.5. The molecule has 2 rings (SSSR count). The molecule has 1 aliphatic heterocycles. The number of nitrogens with zero attached hydrogens (tertiary/aromatic N) is 2. The van der Waals surface area contributed by atoms with Gasteiger partial charge in [0.15, 0.2) is 0 Å². The van der Waals surface area contributed by atoms with E-state index in [1.807, 2.05) is 48.2 Å². The maximum absolute atomic E-state index is 12.6. The number of amides is 1. The number of nitrogens with two attached hydrogens (primary N) is 1. The molecule has 0 aromatic heterocycles. The molecular weight excluding hydrogens is 266 g/mol. The Bertz CT molecular complexity index is 476. The van der Waals surface area contributed by atoms with E-state index in [1.165, 1.54) is 0 Å². The number of hydrogen-bond acceptors (Lipinski definition) is 4. The van der Waals surface area contributed by atoms with E-state index in [4.69, 9.17) is 10.5 Å². The van der Waals surface area contributed by atoms with E-state index in [1.54, 1.807) is 0 Å². The summed E-state index contributed by atoms with van der Waals surface area (Å²) in [6.45, 7) is 2.79. The van der Waals surface area contributed by atoms with Crippen LogP contribution in [0.1, 0.15) is 23.2 Å². The molecule has 5 heteroatoms. The number of benzene rings is 1. The van der Waals surface area contributed by atoms with Gasteiger partial charge in [-0.25, -0.2) is 0 Å². The van der Waals surface area contributed by atoms with Crippen LogP contribution < -0.4 is 10.5 Å². The van der Waals surface area contributed by atoms with Crippen molar-refractivity contribution in [3.63, 3.8) is 0 Å². The zero-order valence-corrected chi connectivity index (χ0v) is 12.9. The molecule has 0 spiro atoms. The maximum atomic E-state index is 12.6. The van der Waals surface area contributed by atoms with Crippen molar-refractivity contribution >= 4 is 5.91 Å². The van der Waals surface area contributed by atoms with E-state index in [9.17, 15) is 4.79 Å². The third-order valence-corrected chi connectivity index (χ3v) is 3.66. The van der Waals surface area contributed by atoms with Crippen LogP contribution >= 0.6 is 0 Å². The first-order valence-corrected chi connectivity index (χ1v) is 7.49. The first-order valence-electron chi connectivity index (χ1n) is 7.49. The fourth-order valence-corrected chi connectivity index (χ4v) is 2.47. The normalized spacial score (nSPS) is 18.9. The van der Waals surface area contributed by atoms with Gasteiger partial charge < -0.3 is 20.3 Å². The molecular formula is C16H25N3O2. The number of hydrogen-bond donors (Lipinski definition) is 1. The third kappa shape index (κ3) is 4.44. The van der Waals surface area contributed by atoms with Gasteiger partial charge in [0, 0.05) is 25.7 Å². The van der Waals surface area contributed by atoms with Gasteiger partial charge in [-0.1, -0.05) is 12.1 Å². The van der Waals surface area contributed by atoms with Crippen molar-refractivity contribution in [1.29, 1.82) is 0 Å². The highest BCUT2D eigenvalue weighted by Crippen LogP contribution is 2.21. The van der Waals surface area contributed by atoms with E-state index in [0.717, 1.165) is 25.9 Å². The lowest BCUT2D eigenvalue weighted by Gasteiger charge is -2.31. The number of carbonyl (C=O) groups is 1. The molecule has 0 bridgehead atoms. The van der Waals surface area contributed by atoms with Crippen molar-refractivity contribution < 1.29 is 9.53 Å². The highest BCUT2D eigenvalue weighted by molar-refractivity contribution is 5.97. The second kappa shape index (κ2) is 7.43. The van der Waals surface area contributed by atoms with Crippen LogP contribution in [0.2, 0.25) is 0 Å². The van der Waals surface area contributed by atoms with Crippen molar-refractivity contribution in [2.45, 2.75) is 18.9 Å². The average Bonchev–Trinajstić information content (AvgIpc) is 2.47. The van der Waals surface area contributed by atoms with Crippen molar-refractivity contribution in [2.75, 3.05) is 40.3 Å². The van der Waals surface area contributed by atoms with Crippen LogP contribution in [0.5, 0.6) is 5.75 Å². The van der Waals surface area contributed by atoms with Gasteiger partial charge in [-0.15, -0.1) is 0 Å². The Kier molecular flexibility index (Phi) is 5.59. The van der Waals surface area contributed by atoms with E-state index >= 15 is 0 Å². The van der Waals surface area contributed by atoms with Crippen LogP contribution in [0, 0.1) is 0 Å². The Morgan fingerprint density at radius 3 is 2.90 bits per heavy atom. The molecule has 1 saturated heterocycles. The largest absolute Gasteiger partial charge is 0.491 e. The third-order valence-electron chi connectivity index (χ3n) is 3.66. The summed E-state index contributed by atoms with van der Waals surface area (Å²) >= 11 is 0. The van der Waals surface area contributed by atoms with Gasteiger partial charge in [-0.2, -0.15) is 0 Å². The van der Waals surface area contributed by atoms with Gasteiger partial charge in [0.2, 0.25) is 0 Å². The standard InChI is InChI=1S/C16H25N3O2/c1-18(2)10-11-21-15-8-4-3-7-14(15)16(20)19-9-5-6-13(17)12-19/h3-4,7-8,13H,5-6,9-12,17H2,1-2H3. The van der Waals surface area contributed by atoms with Crippen molar-refractivity contribution in [3.8, 4) is 5.75 Å². The number of ether oxygens (including phenoxy) is 1. The lowest BCUT2D eigenvalue weighted by molar-refractivity contribution is 0.0704. The first kappa shape index (κ1) is 15.8. The van der Waals surface area contributed by atoms with Gasteiger partial charge in [0.25, 0.3) is 5.91 Å². The summed E-state index contributed by atoms with van der Waals surface area (Å²) in [5.41, 5.74) is 6.59. The second-order valence-electron chi connectivity index (χ2n) is 5.80. The molecule has 0 saturated carbocycles. The van der Waals surface area contributed by atoms with Crippen LogP contribution in [-0.4, -0.2) is 62.1 Å². The Hall–Kier alpha value is -1.59. The molecule has 0 radical (unpaired) electrons. The van der Waals surface area contributed by atoms with Gasteiger partial charge in [0.1, 0.15) is 12.4 Å². The predicted molar refractivity (Wildman–Crippen MR) is 83.6 cm³/mol. The highest BCUT2D eigenvalue weighted by Gasteiger charge is 2.24. The smallest absolute Gasteiger partial charge is 0.257 e.